The van der Waals surface area contributed by atoms with Crippen LogP contribution in [0.2, 0.25) is 0 Å². The van der Waals surface area contributed by atoms with Crippen LogP contribution >= 0.6 is 0 Å². The Labute approximate surface area is 181 Å². The number of aromatic amines is 1. The number of H-pyrrole nitrogens is 1. The summed E-state index contributed by atoms with van der Waals surface area (Å²) in [7, 11) is 0. The number of carbonyl (C=O) groups is 2. The number of amides is 2. The molecule has 4 heterocycles. The molecule has 0 aromatic carbocycles. The van der Waals surface area contributed by atoms with E-state index in [4.69, 9.17) is 4.74 Å². The normalized spacial score (nSPS) is 20.5. The fourth-order valence-electron chi connectivity index (χ4n) is 4.53. The van der Waals surface area contributed by atoms with Crippen molar-refractivity contribution in [1.82, 2.24) is 24.4 Å². The van der Waals surface area contributed by atoms with Gasteiger partial charge in [0.1, 0.15) is 16.8 Å². The highest BCUT2D eigenvalue weighted by molar-refractivity contribution is 6.00. The van der Waals surface area contributed by atoms with Crippen molar-refractivity contribution in [1.29, 1.82) is 0 Å². The second-order valence-electron chi connectivity index (χ2n) is 9.61. The monoisotopic (exact) mass is 429 g/mol. The second kappa shape index (κ2) is 8.01. The Kier molecular flexibility index (Phi) is 5.53. The van der Waals surface area contributed by atoms with Crippen molar-refractivity contribution < 1.29 is 14.3 Å². The zero-order valence-corrected chi connectivity index (χ0v) is 18.7. The minimum Gasteiger partial charge on any atom is -0.444 e. The Morgan fingerprint density at radius 1 is 1.16 bits per heavy atom. The van der Waals surface area contributed by atoms with E-state index in [0.29, 0.717) is 37.1 Å². The third-order valence-corrected chi connectivity index (χ3v) is 6.14. The van der Waals surface area contributed by atoms with Gasteiger partial charge >= 0.3 is 6.09 Å². The number of aromatic nitrogens is 3. The van der Waals surface area contributed by atoms with Crippen molar-refractivity contribution in [3.05, 3.63) is 33.9 Å². The maximum absolute atomic E-state index is 13.1. The molecule has 0 unspecified atom stereocenters. The van der Waals surface area contributed by atoms with Crippen LogP contribution < -0.4 is 5.56 Å². The molecule has 1 atom stereocenters. The van der Waals surface area contributed by atoms with E-state index in [-0.39, 0.29) is 29.5 Å². The van der Waals surface area contributed by atoms with Crippen LogP contribution in [0.5, 0.6) is 0 Å². The van der Waals surface area contributed by atoms with Crippen molar-refractivity contribution in [3.8, 4) is 0 Å². The summed E-state index contributed by atoms with van der Waals surface area (Å²) < 4.78 is 7.15. The van der Waals surface area contributed by atoms with Gasteiger partial charge in [-0.15, -0.1) is 0 Å². The summed E-state index contributed by atoms with van der Waals surface area (Å²) in [4.78, 5) is 44.2. The van der Waals surface area contributed by atoms with Crippen LogP contribution in [-0.4, -0.2) is 67.7 Å². The Hall–Kier alpha value is -2.84. The van der Waals surface area contributed by atoms with Gasteiger partial charge in [0, 0.05) is 37.7 Å². The van der Waals surface area contributed by atoms with E-state index in [9.17, 15) is 14.4 Å². The van der Waals surface area contributed by atoms with Gasteiger partial charge in [-0.05, 0) is 53.4 Å². The number of rotatable bonds is 2. The fourth-order valence-corrected chi connectivity index (χ4v) is 4.53. The van der Waals surface area contributed by atoms with Crippen molar-refractivity contribution in [2.24, 2.45) is 0 Å². The molecule has 2 fully saturated rings. The first-order valence-electron chi connectivity index (χ1n) is 11.0. The second-order valence-corrected chi connectivity index (χ2v) is 9.61. The van der Waals surface area contributed by atoms with Crippen molar-refractivity contribution in [2.45, 2.75) is 70.9 Å². The molecular weight excluding hydrogens is 398 g/mol. The highest BCUT2D eigenvalue weighted by Gasteiger charge is 2.31. The summed E-state index contributed by atoms with van der Waals surface area (Å²) in [5, 5.41) is 4.45. The van der Waals surface area contributed by atoms with E-state index in [2.05, 4.69) is 10.1 Å². The van der Waals surface area contributed by atoms with Crippen LogP contribution in [0.3, 0.4) is 0 Å². The number of piperidine rings is 1. The molecule has 2 aliphatic heterocycles. The largest absolute Gasteiger partial charge is 0.444 e. The highest BCUT2D eigenvalue weighted by Crippen LogP contribution is 2.29. The van der Waals surface area contributed by atoms with Crippen LogP contribution in [0.25, 0.3) is 5.65 Å². The summed E-state index contributed by atoms with van der Waals surface area (Å²) in [6.07, 6.45) is 4.62. The molecule has 31 heavy (non-hydrogen) atoms. The minimum absolute atomic E-state index is 0.0667. The summed E-state index contributed by atoms with van der Waals surface area (Å²) in [6.45, 7) is 9.42. The quantitative estimate of drug-likeness (QED) is 0.791. The van der Waals surface area contributed by atoms with Crippen LogP contribution in [-0.2, 0) is 4.74 Å². The number of ether oxygens (including phenoxy) is 1. The topological polar surface area (TPSA) is 100 Å². The lowest BCUT2D eigenvalue weighted by atomic mass is 9.93. The average Bonchev–Trinajstić information content (AvgIpc) is 3.32. The number of nitrogens with zero attached hydrogens (tertiary/aromatic N) is 4. The summed E-state index contributed by atoms with van der Waals surface area (Å²) >= 11 is 0. The molecule has 9 heteroatoms. The van der Waals surface area contributed by atoms with Gasteiger partial charge in [-0.3, -0.25) is 9.59 Å². The Morgan fingerprint density at radius 3 is 2.48 bits per heavy atom. The Bertz CT molecular complexity index is 1040. The Balaban J connectivity index is 1.56. The lowest BCUT2D eigenvalue weighted by Gasteiger charge is -2.33. The van der Waals surface area contributed by atoms with Crippen LogP contribution in [0.15, 0.2) is 17.1 Å². The molecule has 0 saturated carbocycles. The number of nitrogens with one attached hydrogen (secondary N) is 1. The van der Waals surface area contributed by atoms with Gasteiger partial charge in [-0.1, -0.05) is 0 Å². The van der Waals surface area contributed by atoms with Gasteiger partial charge in [0.05, 0.1) is 11.9 Å². The maximum Gasteiger partial charge on any atom is 0.410 e. The van der Waals surface area contributed by atoms with Gasteiger partial charge in [0.2, 0.25) is 0 Å². The lowest BCUT2D eigenvalue weighted by molar-refractivity contribution is 0.0203. The van der Waals surface area contributed by atoms with Gasteiger partial charge in [0.25, 0.3) is 11.5 Å². The molecule has 2 aromatic heterocycles. The smallest absolute Gasteiger partial charge is 0.410 e. The zero-order chi connectivity index (χ0) is 22.3. The molecule has 2 aromatic rings. The molecule has 0 bridgehead atoms. The first-order chi connectivity index (χ1) is 14.6. The predicted octanol–water partition coefficient (Wildman–Crippen LogP) is 2.76. The van der Waals surface area contributed by atoms with E-state index in [1.165, 1.54) is 0 Å². The fraction of sp³-hybridized carbons (Fsp3) is 0.636. The van der Waals surface area contributed by atoms with E-state index in [1.54, 1.807) is 21.7 Å². The standard InChI is InChI=1S/C22H31N5O4/c1-14-6-5-9-26(14)20(29)16-13-23-27-17(12-18(28)24-19(16)27)15-7-10-25(11-8-15)21(30)31-22(2,3)4/h12-15H,5-11H2,1-4H3,(H,24,28)/t14-/m0/s1. The SMILES string of the molecule is C[C@H]1CCCN1C(=O)c1cnn2c(C3CCN(C(=O)OC(C)(C)C)CC3)cc(=O)[nH]c12. The zero-order valence-electron chi connectivity index (χ0n) is 18.7. The highest BCUT2D eigenvalue weighted by atomic mass is 16.6. The Morgan fingerprint density at radius 2 is 1.87 bits per heavy atom. The molecule has 2 aliphatic rings. The molecule has 0 radical (unpaired) electrons. The molecule has 0 spiro atoms. The molecule has 2 amide bonds. The maximum atomic E-state index is 13.1. The van der Waals surface area contributed by atoms with Crippen LogP contribution in [0.1, 0.15) is 75.3 Å². The number of hydrogen-bond donors (Lipinski definition) is 1. The summed E-state index contributed by atoms with van der Waals surface area (Å²) in [5.41, 5.74) is 0.870. The molecule has 0 aliphatic carbocycles. The molecule has 2 saturated heterocycles. The number of hydrogen-bond acceptors (Lipinski definition) is 5. The van der Waals surface area contributed by atoms with E-state index >= 15 is 0 Å². The number of carbonyl (C=O) groups excluding carboxylic acids is 2. The predicted molar refractivity (Wildman–Crippen MR) is 115 cm³/mol. The first kappa shape index (κ1) is 21.4. The molecule has 9 nitrogen and oxygen atoms in total. The molecule has 4 rings (SSSR count). The van der Waals surface area contributed by atoms with Gasteiger partial charge in [0.15, 0.2) is 0 Å². The van der Waals surface area contributed by atoms with Crippen molar-refractivity contribution in [3.63, 3.8) is 0 Å². The van der Waals surface area contributed by atoms with Crippen LogP contribution in [0, 0.1) is 0 Å². The third-order valence-electron chi connectivity index (χ3n) is 6.14. The number of fused-ring (bicyclic) bond motifs is 1. The van der Waals surface area contributed by atoms with Gasteiger partial charge in [-0.25, -0.2) is 9.31 Å². The summed E-state index contributed by atoms with van der Waals surface area (Å²) in [6, 6.07) is 1.75. The van der Waals surface area contributed by atoms with E-state index < -0.39 is 5.60 Å². The van der Waals surface area contributed by atoms with Crippen molar-refractivity contribution in [2.75, 3.05) is 19.6 Å². The molecular formula is C22H31N5O4. The first-order valence-corrected chi connectivity index (χ1v) is 11.0. The average molecular weight is 430 g/mol. The van der Waals surface area contributed by atoms with Gasteiger partial charge < -0.3 is 19.5 Å². The van der Waals surface area contributed by atoms with Crippen LogP contribution in [0.4, 0.5) is 4.79 Å². The van der Waals surface area contributed by atoms with Gasteiger partial charge in [-0.2, -0.15) is 5.10 Å². The minimum atomic E-state index is -0.530. The molecule has 168 valence electrons. The van der Waals surface area contributed by atoms with Crippen molar-refractivity contribution >= 4 is 17.6 Å². The van der Waals surface area contributed by atoms with E-state index in [1.807, 2.05) is 32.6 Å². The lowest BCUT2D eigenvalue weighted by Crippen LogP contribution is -2.41. The molecule has 1 N–H and O–H groups in total. The summed E-state index contributed by atoms with van der Waals surface area (Å²) in [5.74, 6) is -0.0235. The van der Waals surface area contributed by atoms with E-state index in [0.717, 1.165) is 25.1 Å². The number of likely N-dealkylation sites (tertiary alicyclic amines) is 2. The third kappa shape index (κ3) is 4.31.